The Bertz CT molecular complexity index is 711. The molecule has 0 heterocycles. The number of carbonyl (C=O) groups is 5. The fourth-order valence-corrected chi connectivity index (χ4v) is 3.78. The van der Waals surface area contributed by atoms with E-state index in [0.717, 1.165) is 11.8 Å². The molecule has 1 aromatic carbocycles. The van der Waals surface area contributed by atoms with Crippen LogP contribution in [0.1, 0.15) is 24.2 Å². The second-order valence-corrected chi connectivity index (χ2v) is 7.46. The van der Waals surface area contributed by atoms with Crippen LogP contribution in [0.25, 0.3) is 0 Å². The lowest BCUT2D eigenvalue weighted by molar-refractivity contribution is -0.140. The van der Waals surface area contributed by atoms with Gasteiger partial charge in [-0.05, 0) is 0 Å². The first-order valence-corrected chi connectivity index (χ1v) is 9.83. The van der Waals surface area contributed by atoms with E-state index < -0.39 is 35.0 Å². The van der Waals surface area contributed by atoms with Gasteiger partial charge in [-0.15, -0.1) is 0 Å². The largest absolute Gasteiger partial charge is 0.480 e. The van der Waals surface area contributed by atoms with Crippen LogP contribution in [0, 0.1) is 0 Å². The number of hydrogen-bond acceptors (Lipinski definition) is 7. The monoisotopic (exact) mass is 412 g/mol. The molecule has 0 fully saturated rings. The Balaban J connectivity index is 2.67. The van der Waals surface area contributed by atoms with Gasteiger partial charge in [0.1, 0.15) is 12.1 Å². The smallest absolute Gasteiger partial charge is 0.327 e. The predicted molar refractivity (Wildman–Crippen MR) is 104 cm³/mol. The quantitative estimate of drug-likeness (QED) is 0.546. The zero-order valence-electron chi connectivity index (χ0n) is 14.8. The van der Waals surface area contributed by atoms with Crippen molar-refractivity contribution in [2.45, 2.75) is 25.9 Å². The second kappa shape index (κ2) is 11.4. The predicted octanol–water partition coefficient (Wildman–Crippen LogP) is 0.914. The number of rotatable bonds is 9. The summed E-state index contributed by atoms with van der Waals surface area (Å²) in [7, 11) is 0. The average Bonchev–Trinajstić information content (AvgIpc) is 2.61. The Morgan fingerprint density at radius 3 is 1.93 bits per heavy atom. The van der Waals surface area contributed by atoms with Gasteiger partial charge in [-0.25, -0.2) is 4.79 Å². The molecule has 8 nitrogen and oxygen atoms in total. The number of carboxylic acid groups (broad SMARTS) is 1. The molecule has 1 rings (SSSR count). The highest BCUT2D eigenvalue weighted by atomic mass is 32.2. The molecule has 0 spiro atoms. The van der Waals surface area contributed by atoms with Crippen LogP contribution in [0.5, 0.6) is 0 Å². The van der Waals surface area contributed by atoms with Crippen molar-refractivity contribution in [2.75, 3.05) is 11.5 Å². The molecule has 1 aromatic rings. The zero-order chi connectivity index (χ0) is 20.4. The van der Waals surface area contributed by atoms with E-state index in [1.165, 1.54) is 13.8 Å². The second-order valence-electron chi connectivity index (χ2n) is 5.44. The van der Waals surface area contributed by atoms with E-state index in [4.69, 9.17) is 5.11 Å². The highest BCUT2D eigenvalue weighted by Crippen LogP contribution is 2.17. The molecule has 0 aliphatic rings. The SMILES string of the molecule is CC(=O)N[C@@H](CSC(=O)[C@H](CSC(=O)c1ccccc1)NC(C)=O)C(=O)O. The summed E-state index contributed by atoms with van der Waals surface area (Å²) in [6.07, 6.45) is 0. The molecule has 146 valence electrons. The molecule has 0 bridgehead atoms. The molecule has 0 aliphatic heterocycles. The van der Waals surface area contributed by atoms with Gasteiger partial charge < -0.3 is 15.7 Å². The van der Waals surface area contributed by atoms with Gasteiger partial charge in [0.05, 0.1) is 0 Å². The zero-order valence-corrected chi connectivity index (χ0v) is 16.4. The minimum atomic E-state index is -1.27. The van der Waals surface area contributed by atoms with Gasteiger partial charge in [0, 0.05) is 30.9 Å². The first-order chi connectivity index (χ1) is 12.7. The van der Waals surface area contributed by atoms with E-state index in [1.807, 2.05) is 0 Å². The Labute approximate surface area is 164 Å². The van der Waals surface area contributed by atoms with Crippen LogP contribution < -0.4 is 10.6 Å². The first-order valence-electron chi connectivity index (χ1n) is 7.86. The van der Waals surface area contributed by atoms with E-state index in [0.29, 0.717) is 17.3 Å². The lowest BCUT2D eigenvalue weighted by Gasteiger charge is -2.17. The summed E-state index contributed by atoms with van der Waals surface area (Å²) >= 11 is 1.56. The van der Waals surface area contributed by atoms with Crippen molar-refractivity contribution in [3.8, 4) is 0 Å². The summed E-state index contributed by atoms with van der Waals surface area (Å²) in [5.74, 6) is -2.43. The van der Waals surface area contributed by atoms with Crippen molar-refractivity contribution in [1.29, 1.82) is 0 Å². The van der Waals surface area contributed by atoms with E-state index in [2.05, 4.69) is 10.6 Å². The van der Waals surface area contributed by atoms with Gasteiger partial charge in [0.2, 0.25) is 22.0 Å². The Morgan fingerprint density at radius 2 is 1.41 bits per heavy atom. The summed E-state index contributed by atoms with van der Waals surface area (Å²) in [6.45, 7) is 2.42. The van der Waals surface area contributed by atoms with Crippen LogP contribution >= 0.6 is 23.5 Å². The number of amides is 2. The third kappa shape index (κ3) is 8.74. The van der Waals surface area contributed by atoms with Crippen LogP contribution in [0.2, 0.25) is 0 Å². The summed E-state index contributed by atoms with van der Waals surface area (Å²) in [4.78, 5) is 58.0. The average molecular weight is 412 g/mol. The molecule has 0 aromatic heterocycles. The molecular weight excluding hydrogens is 392 g/mol. The standard InChI is InChI=1S/C17H20N2O6S2/c1-10(20)18-13(15(22)23)8-27-17(25)14(19-11(2)21)9-26-16(24)12-6-4-3-5-7-12/h3-7,13-14H,8-9H2,1-2H3,(H,18,20)(H,19,21)(H,22,23)/t13-,14-/m0/s1. The Kier molecular flexibility index (Phi) is 9.59. The molecule has 0 saturated carbocycles. The van der Waals surface area contributed by atoms with Gasteiger partial charge in [-0.1, -0.05) is 53.9 Å². The number of carbonyl (C=O) groups excluding carboxylic acids is 4. The van der Waals surface area contributed by atoms with Crippen molar-refractivity contribution >= 4 is 51.5 Å². The van der Waals surface area contributed by atoms with Gasteiger partial charge in [-0.3, -0.25) is 19.2 Å². The van der Waals surface area contributed by atoms with Crippen molar-refractivity contribution in [3.05, 3.63) is 35.9 Å². The molecule has 10 heteroatoms. The van der Waals surface area contributed by atoms with E-state index in [-0.39, 0.29) is 16.6 Å². The van der Waals surface area contributed by atoms with Crippen molar-refractivity contribution in [3.63, 3.8) is 0 Å². The molecular formula is C17H20N2O6S2. The van der Waals surface area contributed by atoms with Crippen LogP contribution in [0.3, 0.4) is 0 Å². The van der Waals surface area contributed by atoms with Crippen molar-refractivity contribution in [2.24, 2.45) is 0 Å². The van der Waals surface area contributed by atoms with Crippen LogP contribution in [0.15, 0.2) is 30.3 Å². The Morgan fingerprint density at radius 1 is 0.889 bits per heavy atom. The highest BCUT2D eigenvalue weighted by molar-refractivity contribution is 8.15. The van der Waals surface area contributed by atoms with Gasteiger partial charge in [0.25, 0.3) is 0 Å². The van der Waals surface area contributed by atoms with Gasteiger partial charge in [0.15, 0.2) is 0 Å². The number of nitrogens with one attached hydrogen (secondary N) is 2. The fraction of sp³-hybridized carbons (Fsp3) is 0.353. The van der Waals surface area contributed by atoms with E-state index >= 15 is 0 Å². The van der Waals surface area contributed by atoms with E-state index in [9.17, 15) is 24.0 Å². The molecule has 27 heavy (non-hydrogen) atoms. The molecule has 3 N–H and O–H groups in total. The minimum Gasteiger partial charge on any atom is -0.480 e. The number of hydrogen-bond donors (Lipinski definition) is 3. The molecule has 0 unspecified atom stereocenters. The lowest BCUT2D eigenvalue weighted by Crippen LogP contribution is -2.44. The number of thioether (sulfide) groups is 2. The highest BCUT2D eigenvalue weighted by Gasteiger charge is 2.25. The van der Waals surface area contributed by atoms with Crippen molar-refractivity contribution < 1.29 is 29.1 Å². The maximum atomic E-state index is 12.4. The molecule has 2 amide bonds. The summed E-state index contributed by atoms with van der Waals surface area (Å²) in [6, 6.07) is 6.30. The number of benzene rings is 1. The maximum Gasteiger partial charge on any atom is 0.327 e. The summed E-state index contributed by atoms with van der Waals surface area (Å²) < 4.78 is 0. The molecule has 0 radical (unpaired) electrons. The van der Waals surface area contributed by atoms with Gasteiger partial charge >= 0.3 is 5.97 Å². The molecule has 0 aliphatic carbocycles. The van der Waals surface area contributed by atoms with Crippen LogP contribution in [-0.2, 0) is 19.2 Å². The normalized spacial score (nSPS) is 12.5. The van der Waals surface area contributed by atoms with E-state index in [1.54, 1.807) is 30.3 Å². The third-order valence-corrected chi connectivity index (χ3v) is 5.19. The summed E-state index contributed by atoms with van der Waals surface area (Å²) in [5, 5.41) is 13.0. The number of carboxylic acids is 1. The van der Waals surface area contributed by atoms with Crippen LogP contribution in [0.4, 0.5) is 0 Å². The first kappa shape index (κ1) is 22.7. The Hall–Kier alpha value is -2.33. The summed E-state index contributed by atoms with van der Waals surface area (Å²) in [5.41, 5.74) is 0.473. The topological polar surface area (TPSA) is 130 Å². The van der Waals surface area contributed by atoms with Gasteiger partial charge in [-0.2, -0.15) is 0 Å². The molecule has 2 atom stereocenters. The lowest BCUT2D eigenvalue weighted by atomic mass is 10.2. The maximum absolute atomic E-state index is 12.4. The third-order valence-electron chi connectivity index (χ3n) is 3.12. The van der Waals surface area contributed by atoms with Crippen molar-refractivity contribution in [1.82, 2.24) is 10.6 Å². The molecule has 0 saturated heterocycles. The minimum absolute atomic E-state index is 0.0109. The number of aliphatic carboxylic acids is 1. The van der Waals surface area contributed by atoms with Crippen LogP contribution in [-0.4, -0.2) is 56.7 Å². The fourth-order valence-electron chi connectivity index (χ4n) is 1.92.